The molecule has 1 aliphatic carbocycles. The first kappa shape index (κ1) is 17.7. The van der Waals surface area contributed by atoms with E-state index >= 15 is 0 Å². The van der Waals surface area contributed by atoms with Crippen LogP contribution < -0.4 is 5.73 Å². The minimum Gasteiger partial charge on any atom is -0.374 e. The van der Waals surface area contributed by atoms with E-state index in [0.29, 0.717) is 25.0 Å². The number of nitrogens with two attached hydrogens (primary N) is 1. The quantitative estimate of drug-likeness (QED) is 0.734. The maximum atomic E-state index is 11.9. The van der Waals surface area contributed by atoms with Gasteiger partial charge in [0, 0.05) is 19.8 Å². The molecule has 0 spiro atoms. The van der Waals surface area contributed by atoms with Crippen LogP contribution in [0.25, 0.3) is 0 Å². The molecule has 0 unspecified atom stereocenters. The molecule has 0 atom stereocenters. The first-order chi connectivity index (χ1) is 9.18. The van der Waals surface area contributed by atoms with Gasteiger partial charge in [-0.15, -0.1) is 0 Å². The first-order valence-corrected chi connectivity index (χ1v) is 7.17. The van der Waals surface area contributed by atoms with E-state index in [2.05, 4.69) is 18.6 Å². The van der Waals surface area contributed by atoms with Crippen LogP contribution in [0.15, 0.2) is 0 Å². The largest absolute Gasteiger partial charge is 0.411 e. The second kappa shape index (κ2) is 7.09. The summed E-state index contributed by atoms with van der Waals surface area (Å²) >= 11 is 0. The van der Waals surface area contributed by atoms with E-state index in [-0.39, 0.29) is 12.2 Å². The summed E-state index contributed by atoms with van der Waals surface area (Å²) in [5.41, 5.74) is 5.86. The summed E-state index contributed by atoms with van der Waals surface area (Å²) in [6.45, 7) is 4.20. The molecule has 1 rings (SSSR count). The molecule has 0 saturated heterocycles. The average molecular weight is 297 g/mol. The lowest BCUT2D eigenvalue weighted by atomic mass is 9.71. The molecule has 0 heterocycles. The highest BCUT2D eigenvalue weighted by Gasteiger charge is 2.38. The molecule has 1 fully saturated rings. The lowest BCUT2D eigenvalue weighted by molar-refractivity contribution is -0.175. The Hall–Kier alpha value is -0.330. The van der Waals surface area contributed by atoms with Gasteiger partial charge in [0.05, 0.1) is 5.60 Å². The van der Waals surface area contributed by atoms with Crippen molar-refractivity contribution < 1.29 is 22.6 Å². The normalized spacial score (nSPS) is 21.9. The van der Waals surface area contributed by atoms with Crippen molar-refractivity contribution in [1.82, 2.24) is 0 Å². The number of hydrogen-bond donors (Lipinski definition) is 1. The van der Waals surface area contributed by atoms with E-state index < -0.39 is 12.8 Å². The third kappa shape index (κ3) is 6.41. The summed E-state index contributed by atoms with van der Waals surface area (Å²) in [6, 6.07) is 0. The van der Waals surface area contributed by atoms with Crippen molar-refractivity contribution in [2.24, 2.45) is 11.1 Å². The van der Waals surface area contributed by atoms with Gasteiger partial charge in [0.25, 0.3) is 0 Å². The zero-order valence-electron chi connectivity index (χ0n) is 12.4. The van der Waals surface area contributed by atoms with Gasteiger partial charge in [-0.3, -0.25) is 0 Å². The average Bonchev–Trinajstić information content (AvgIpc) is 2.35. The topological polar surface area (TPSA) is 44.5 Å². The zero-order valence-corrected chi connectivity index (χ0v) is 12.4. The Labute approximate surface area is 119 Å². The van der Waals surface area contributed by atoms with E-state index in [1.807, 2.05) is 0 Å². The molecule has 0 aliphatic heterocycles. The lowest BCUT2D eigenvalue weighted by Crippen LogP contribution is -2.45. The second-order valence-corrected chi connectivity index (χ2v) is 6.42. The van der Waals surface area contributed by atoms with Gasteiger partial charge in [-0.05, 0) is 37.5 Å². The Morgan fingerprint density at radius 1 is 1.05 bits per heavy atom. The molecule has 3 nitrogen and oxygen atoms in total. The molecule has 20 heavy (non-hydrogen) atoms. The fraction of sp³-hybridized carbons (Fsp3) is 1.00. The number of alkyl halides is 3. The van der Waals surface area contributed by atoms with Crippen LogP contribution in [0.5, 0.6) is 0 Å². The minimum atomic E-state index is -4.26. The van der Waals surface area contributed by atoms with Gasteiger partial charge in [-0.1, -0.05) is 13.8 Å². The maximum absolute atomic E-state index is 11.9. The number of hydrogen-bond acceptors (Lipinski definition) is 3. The molecule has 0 radical (unpaired) electrons. The highest BCUT2D eigenvalue weighted by Crippen LogP contribution is 2.41. The van der Waals surface area contributed by atoms with Crippen molar-refractivity contribution >= 4 is 0 Å². The van der Waals surface area contributed by atoms with Gasteiger partial charge in [0.2, 0.25) is 0 Å². The maximum Gasteiger partial charge on any atom is 0.411 e. The van der Waals surface area contributed by atoms with Gasteiger partial charge < -0.3 is 15.2 Å². The molecule has 0 bridgehead atoms. The van der Waals surface area contributed by atoms with Crippen LogP contribution >= 0.6 is 0 Å². The highest BCUT2D eigenvalue weighted by molar-refractivity contribution is 4.91. The third-order valence-electron chi connectivity index (χ3n) is 3.99. The summed E-state index contributed by atoms with van der Waals surface area (Å²) < 4.78 is 46.0. The SMILES string of the molecule is CC1(C)CCC(CN)(OCCCOCC(F)(F)F)CC1. The zero-order chi connectivity index (χ0) is 15.3. The fourth-order valence-corrected chi connectivity index (χ4v) is 2.43. The first-order valence-electron chi connectivity index (χ1n) is 7.17. The number of halogens is 3. The predicted molar refractivity (Wildman–Crippen MR) is 71.5 cm³/mol. The van der Waals surface area contributed by atoms with Gasteiger partial charge >= 0.3 is 6.18 Å². The van der Waals surface area contributed by atoms with Crippen LogP contribution in [-0.2, 0) is 9.47 Å². The van der Waals surface area contributed by atoms with Gasteiger partial charge in [0.15, 0.2) is 0 Å². The smallest absolute Gasteiger partial charge is 0.374 e. The molecule has 2 N–H and O–H groups in total. The Kier molecular flexibility index (Phi) is 6.28. The van der Waals surface area contributed by atoms with Crippen LogP contribution in [0, 0.1) is 5.41 Å². The summed E-state index contributed by atoms with van der Waals surface area (Å²) in [5.74, 6) is 0. The molecule has 0 aromatic carbocycles. The minimum absolute atomic E-state index is 0.0612. The van der Waals surface area contributed by atoms with Crippen molar-refractivity contribution in [2.45, 2.75) is 57.7 Å². The summed E-state index contributed by atoms with van der Waals surface area (Å²) in [6.07, 6.45) is 0.166. The van der Waals surface area contributed by atoms with Crippen LogP contribution in [0.1, 0.15) is 46.0 Å². The van der Waals surface area contributed by atoms with Crippen molar-refractivity contribution in [3.05, 3.63) is 0 Å². The Bertz CT molecular complexity index is 283. The van der Waals surface area contributed by atoms with Crippen LogP contribution in [0.3, 0.4) is 0 Å². The van der Waals surface area contributed by atoms with E-state index in [0.717, 1.165) is 25.7 Å². The van der Waals surface area contributed by atoms with Crippen LogP contribution in [0.4, 0.5) is 13.2 Å². The monoisotopic (exact) mass is 297 g/mol. The summed E-state index contributed by atoms with van der Waals surface area (Å²) in [4.78, 5) is 0. The highest BCUT2D eigenvalue weighted by atomic mass is 19.4. The molecule has 0 aromatic rings. The number of ether oxygens (including phenoxy) is 2. The molecule has 1 aliphatic rings. The van der Waals surface area contributed by atoms with E-state index in [1.54, 1.807) is 0 Å². The third-order valence-corrected chi connectivity index (χ3v) is 3.99. The van der Waals surface area contributed by atoms with E-state index in [9.17, 15) is 13.2 Å². The predicted octanol–water partition coefficient (Wildman–Crippen LogP) is 3.27. The van der Waals surface area contributed by atoms with E-state index in [1.165, 1.54) is 0 Å². The van der Waals surface area contributed by atoms with Crippen LogP contribution in [0.2, 0.25) is 0 Å². The van der Waals surface area contributed by atoms with Crippen molar-refractivity contribution in [1.29, 1.82) is 0 Å². The fourth-order valence-electron chi connectivity index (χ4n) is 2.43. The molecule has 120 valence electrons. The van der Waals surface area contributed by atoms with Gasteiger partial charge in [-0.2, -0.15) is 13.2 Å². The summed E-state index contributed by atoms with van der Waals surface area (Å²) in [5, 5.41) is 0. The Morgan fingerprint density at radius 3 is 2.15 bits per heavy atom. The molecule has 6 heteroatoms. The molecular formula is C14H26F3NO2. The molecule has 0 amide bonds. The van der Waals surface area contributed by atoms with Crippen molar-refractivity contribution in [2.75, 3.05) is 26.4 Å². The van der Waals surface area contributed by atoms with E-state index in [4.69, 9.17) is 10.5 Å². The molecular weight excluding hydrogens is 271 g/mol. The van der Waals surface area contributed by atoms with Crippen LogP contribution in [-0.4, -0.2) is 38.1 Å². The lowest BCUT2D eigenvalue weighted by Gasteiger charge is -2.42. The second-order valence-electron chi connectivity index (χ2n) is 6.42. The van der Waals surface area contributed by atoms with Crippen molar-refractivity contribution in [3.8, 4) is 0 Å². The van der Waals surface area contributed by atoms with Gasteiger partial charge in [-0.25, -0.2) is 0 Å². The van der Waals surface area contributed by atoms with Crippen molar-refractivity contribution in [3.63, 3.8) is 0 Å². The molecule has 1 saturated carbocycles. The summed E-state index contributed by atoms with van der Waals surface area (Å²) in [7, 11) is 0. The van der Waals surface area contributed by atoms with Gasteiger partial charge in [0.1, 0.15) is 6.61 Å². The Morgan fingerprint density at radius 2 is 1.65 bits per heavy atom. The molecule has 0 aromatic heterocycles. The Balaban J connectivity index is 2.19. The standard InChI is InChI=1S/C14H26F3NO2/c1-12(2)4-6-13(10-18,7-5-12)20-9-3-8-19-11-14(15,16)17/h3-11,18H2,1-2H3. The number of rotatable bonds is 7.